The fourth-order valence-corrected chi connectivity index (χ4v) is 5.12. The number of hydrogen-bond donors (Lipinski definition) is 0. The van der Waals surface area contributed by atoms with Crippen molar-refractivity contribution in [2.24, 2.45) is 0 Å². The summed E-state index contributed by atoms with van der Waals surface area (Å²) in [5, 5.41) is 4.72. The van der Waals surface area contributed by atoms with Gasteiger partial charge in [0.1, 0.15) is 11.0 Å². The number of carbonyl (C=O) groups is 2. The van der Waals surface area contributed by atoms with Crippen molar-refractivity contribution >= 4 is 29.1 Å². The second kappa shape index (κ2) is 9.79. The number of halogens is 2. The van der Waals surface area contributed by atoms with Crippen molar-refractivity contribution in [2.45, 2.75) is 19.9 Å². The van der Waals surface area contributed by atoms with Crippen molar-refractivity contribution in [3.63, 3.8) is 0 Å². The molecule has 0 bridgehead atoms. The molecule has 35 heavy (non-hydrogen) atoms. The number of piperazine rings is 1. The summed E-state index contributed by atoms with van der Waals surface area (Å²) in [7, 11) is 0. The predicted molar refractivity (Wildman–Crippen MR) is 132 cm³/mol. The second-order valence-electron chi connectivity index (χ2n) is 9.03. The van der Waals surface area contributed by atoms with E-state index in [9.17, 15) is 14.0 Å². The van der Waals surface area contributed by atoms with E-state index in [1.807, 2.05) is 23.1 Å². The van der Waals surface area contributed by atoms with E-state index in [0.717, 1.165) is 24.2 Å². The molecule has 0 spiro atoms. The molecule has 3 heterocycles. The second-order valence-corrected chi connectivity index (χ2v) is 9.39. The zero-order valence-corrected chi connectivity index (χ0v) is 20.3. The summed E-state index contributed by atoms with van der Waals surface area (Å²) in [6.07, 6.45) is 0.888. The van der Waals surface area contributed by atoms with Gasteiger partial charge in [-0.05, 0) is 42.7 Å². The largest absolute Gasteiger partial charge is 0.336 e. The molecule has 0 radical (unpaired) electrons. The Bertz CT molecular complexity index is 1250. The van der Waals surface area contributed by atoms with Crippen molar-refractivity contribution in [1.82, 2.24) is 19.6 Å². The topological polar surface area (TPSA) is 61.7 Å². The molecule has 3 aromatic rings. The molecule has 1 saturated heterocycles. The average molecular weight is 496 g/mol. The third-order valence-corrected chi connectivity index (χ3v) is 7.12. The van der Waals surface area contributed by atoms with Gasteiger partial charge in [-0.3, -0.25) is 14.5 Å². The summed E-state index contributed by atoms with van der Waals surface area (Å²) < 4.78 is 14.8. The summed E-state index contributed by atoms with van der Waals surface area (Å²) in [4.78, 5) is 31.9. The van der Waals surface area contributed by atoms with Crippen molar-refractivity contribution < 1.29 is 14.0 Å². The van der Waals surface area contributed by atoms with E-state index in [2.05, 4.69) is 16.1 Å². The third-order valence-electron chi connectivity index (χ3n) is 6.73. The molecule has 5 rings (SSSR count). The summed E-state index contributed by atoms with van der Waals surface area (Å²) in [5.41, 5.74) is 4.02. The maximum Gasteiger partial charge on any atom is 0.258 e. The van der Waals surface area contributed by atoms with Crippen molar-refractivity contribution in [1.29, 1.82) is 0 Å². The van der Waals surface area contributed by atoms with E-state index < -0.39 is 0 Å². The number of amides is 2. The fourth-order valence-electron chi connectivity index (χ4n) is 4.80. The monoisotopic (exact) mass is 495 g/mol. The van der Waals surface area contributed by atoms with Crippen LogP contribution in [0.25, 0.3) is 0 Å². The van der Waals surface area contributed by atoms with Crippen molar-refractivity contribution in [2.75, 3.05) is 44.2 Å². The van der Waals surface area contributed by atoms with Crippen molar-refractivity contribution in [3.8, 4) is 0 Å². The molecule has 1 aromatic heterocycles. The van der Waals surface area contributed by atoms with E-state index in [-0.39, 0.29) is 22.8 Å². The highest BCUT2D eigenvalue weighted by atomic mass is 35.5. The van der Waals surface area contributed by atoms with E-state index in [1.54, 1.807) is 28.6 Å². The number of nitrogens with zero attached hydrogens (tertiary/aromatic N) is 5. The first-order valence-electron chi connectivity index (χ1n) is 11.8. The SMILES string of the molecule is Cc1nn(Cc2ccc(F)cc2)c(Cl)c1C(=O)N1CCN(CC(=O)N2CCc3ccccc32)CC1. The number of para-hydroxylation sites is 1. The van der Waals surface area contributed by atoms with Crippen LogP contribution in [-0.4, -0.2) is 70.7 Å². The number of benzene rings is 2. The molecule has 0 atom stereocenters. The first kappa shape index (κ1) is 23.5. The van der Waals surface area contributed by atoms with Crippen LogP contribution in [-0.2, 0) is 17.8 Å². The minimum absolute atomic E-state index is 0.0932. The molecule has 0 aliphatic carbocycles. The summed E-state index contributed by atoms with van der Waals surface area (Å²) >= 11 is 6.55. The van der Waals surface area contributed by atoms with Gasteiger partial charge in [0.15, 0.2) is 0 Å². The number of aromatic nitrogens is 2. The molecule has 0 unspecified atom stereocenters. The molecule has 0 saturated carbocycles. The zero-order chi connectivity index (χ0) is 24.5. The van der Waals surface area contributed by atoms with Crippen LogP contribution >= 0.6 is 11.6 Å². The van der Waals surface area contributed by atoms with Crippen LogP contribution in [0, 0.1) is 12.7 Å². The Labute approximate surface area is 208 Å². The molecule has 2 aliphatic heterocycles. The van der Waals surface area contributed by atoms with Crippen LogP contribution in [0.15, 0.2) is 48.5 Å². The van der Waals surface area contributed by atoms with Gasteiger partial charge in [0.2, 0.25) is 5.91 Å². The molecule has 9 heteroatoms. The van der Waals surface area contributed by atoms with E-state index in [1.165, 1.54) is 17.7 Å². The van der Waals surface area contributed by atoms with Gasteiger partial charge in [-0.15, -0.1) is 0 Å². The highest BCUT2D eigenvalue weighted by Gasteiger charge is 2.30. The maximum absolute atomic E-state index is 13.3. The maximum atomic E-state index is 13.3. The lowest BCUT2D eigenvalue weighted by molar-refractivity contribution is -0.120. The molecule has 182 valence electrons. The highest BCUT2D eigenvalue weighted by Crippen LogP contribution is 2.28. The summed E-state index contributed by atoms with van der Waals surface area (Å²) in [6.45, 7) is 5.44. The number of carbonyl (C=O) groups excluding carboxylic acids is 2. The zero-order valence-electron chi connectivity index (χ0n) is 19.6. The van der Waals surface area contributed by atoms with Gasteiger partial charge in [0.25, 0.3) is 5.91 Å². The first-order chi connectivity index (χ1) is 16.9. The van der Waals surface area contributed by atoms with Gasteiger partial charge in [-0.25, -0.2) is 9.07 Å². The smallest absolute Gasteiger partial charge is 0.258 e. The quantitative estimate of drug-likeness (QED) is 0.544. The fraction of sp³-hybridized carbons (Fsp3) is 0.346. The third kappa shape index (κ3) is 4.81. The number of aryl methyl sites for hydroxylation is 1. The van der Waals surface area contributed by atoms with Gasteiger partial charge < -0.3 is 9.80 Å². The standard InChI is InChI=1S/C26H27ClFN5O2/c1-18-24(25(27)33(29-18)16-19-6-8-21(28)9-7-19)26(35)31-14-12-30(13-15-31)17-23(34)32-11-10-20-4-2-3-5-22(20)32/h2-9H,10-17H2,1H3. The predicted octanol–water partition coefficient (Wildman–Crippen LogP) is 3.38. The van der Waals surface area contributed by atoms with Gasteiger partial charge in [-0.1, -0.05) is 41.9 Å². The van der Waals surface area contributed by atoms with Gasteiger partial charge in [0, 0.05) is 38.4 Å². The number of anilines is 1. The van der Waals surface area contributed by atoms with E-state index in [0.29, 0.717) is 50.5 Å². The Morgan fingerprint density at radius 3 is 2.46 bits per heavy atom. The molecule has 0 N–H and O–H groups in total. The van der Waals surface area contributed by atoms with Crippen molar-refractivity contribution in [3.05, 3.63) is 81.9 Å². The Morgan fingerprint density at radius 1 is 1.00 bits per heavy atom. The minimum Gasteiger partial charge on any atom is -0.336 e. The van der Waals surface area contributed by atoms with Crippen LogP contribution < -0.4 is 4.90 Å². The Kier molecular flexibility index (Phi) is 6.58. The number of hydrogen-bond acceptors (Lipinski definition) is 4. The van der Waals surface area contributed by atoms with Crippen LogP contribution in [0.1, 0.15) is 27.2 Å². The van der Waals surface area contributed by atoms with Gasteiger partial charge >= 0.3 is 0 Å². The van der Waals surface area contributed by atoms with Crippen LogP contribution in [0.5, 0.6) is 0 Å². The minimum atomic E-state index is -0.307. The molecular weight excluding hydrogens is 469 g/mol. The van der Waals surface area contributed by atoms with Crippen LogP contribution in [0.2, 0.25) is 5.15 Å². The summed E-state index contributed by atoms with van der Waals surface area (Å²) in [6, 6.07) is 14.2. The number of rotatable bonds is 5. The molecular formula is C26H27ClFN5O2. The van der Waals surface area contributed by atoms with Crippen LogP contribution in [0.4, 0.5) is 10.1 Å². The van der Waals surface area contributed by atoms with Gasteiger partial charge in [-0.2, -0.15) is 5.10 Å². The highest BCUT2D eigenvalue weighted by molar-refractivity contribution is 6.33. The lowest BCUT2D eigenvalue weighted by Crippen LogP contribution is -2.51. The Hall–Kier alpha value is -3.23. The Morgan fingerprint density at radius 2 is 1.71 bits per heavy atom. The molecule has 2 aromatic carbocycles. The summed E-state index contributed by atoms with van der Waals surface area (Å²) in [5.74, 6) is -0.369. The Balaban J connectivity index is 1.19. The average Bonchev–Trinajstić information content (AvgIpc) is 3.41. The van der Waals surface area contributed by atoms with E-state index >= 15 is 0 Å². The molecule has 7 nitrogen and oxygen atoms in total. The van der Waals surface area contributed by atoms with E-state index in [4.69, 9.17) is 11.6 Å². The lowest BCUT2D eigenvalue weighted by Gasteiger charge is -2.35. The number of fused-ring (bicyclic) bond motifs is 1. The van der Waals surface area contributed by atoms with Gasteiger partial charge in [0.05, 0.1) is 24.3 Å². The lowest BCUT2D eigenvalue weighted by atomic mass is 10.2. The molecule has 1 fully saturated rings. The first-order valence-corrected chi connectivity index (χ1v) is 12.2. The van der Waals surface area contributed by atoms with Crippen LogP contribution in [0.3, 0.4) is 0 Å². The molecule has 2 amide bonds. The normalized spacial score (nSPS) is 16.0. The molecule has 2 aliphatic rings.